The first kappa shape index (κ1) is 10.4. The molecule has 9 heteroatoms. The van der Waals surface area contributed by atoms with E-state index in [2.05, 4.69) is 15.0 Å². The summed E-state index contributed by atoms with van der Waals surface area (Å²) in [6.07, 6.45) is -4.58. The molecule has 0 spiro atoms. The summed E-state index contributed by atoms with van der Waals surface area (Å²) in [5.41, 5.74) is -0.381. The predicted molar refractivity (Wildman–Crippen MR) is 46.7 cm³/mol. The fourth-order valence-corrected chi connectivity index (χ4v) is 1.18. The molecular weight excluding hydrogens is 256 g/mol. The highest BCUT2D eigenvalue weighted by Gasteiger charge is 2.35. The summed E-state index contributed by atoms with van der Waals surface area (Å²) in [5, 5.41) is -0.370. The Bertz CT molecular complexity index is 482. The van der Waals surface area contributed by atoms with Crippen LogP contribution in [0.1, 0.15) is 5.82 Å². The number of alkyl halides is 3. The standard InChI is InChI=1S/C6HCl2F3N4/c7-1-2(8)13-4-3(12-1)14-5(15-4)6(9,10)11/h(H,12,13,14,15). The van der Waals surface area contributed by atoms with E-state index in [1.165, 1.54) is 0 Å². The number of H-pyrrole nitrogens is 1. The molecule has 2 aromatic rings. The number of rotatable bonds is 0. The number of hydrogen-bond acceptors (Lipinski definition) is 3. The highest BCUT2D eigenvalue weighted by Crippen LogP contribution is 2.28. The molecule has 0 fully saturated rings. The van der Waals surface area contributed by atoms with Crippen LogP contribution < -0.4 is 0 Å². The Morgan fingerprint density at radius 2 is 1.60 bits per heavy atom. The number of aromatic nitrogens is 4. The van der Waals surface area contributed by atoms with Crippen molar-refractivity contribution in [3.63, 3.8) is 0 Å². The number of halogens is 5. The molecule has 0 aromatic carbocycles. The van der Waals surface area contributed by atoms with E-state index in [9.17, 15) is 13.2 Å². The Labute approximate surface area is 90.4 Å². The molecule has 0 atom stereocenters. The van der Waals surface area contributed by atoms with Gasteiger partial charge in [0.05, 0.1) is 0 Å². The lowest BCUT2D eigenvalue weighted by molar-refractivity contribution is -0.144. The zero-order chi connectivity index (χ0) is 11.2. The molecule has 80 valence electrons. The van der Waals surface area contributed by atoms with Crippen molar-refractivity contribution >= 4 is 34.5 Å². The Hall–Kier alpha value is -1.08. The fraction of sp³-hybridized carbons (Fsp3) is 0.167. The minimum absolute atomic E-state index is 0.156. The lowest BCUT2D eigenvalue weighted by atomic mass is 10.6. The summed E-state index contributed by atoms with van der Waals surface area (Å²) in [6, 6.07) is 0. The van der Waals surface area contributed by atoms with Crippen LogP contribution in [-0.4, -0.2) is 19.9 Å². The fourth-order valence-electron chi connectivity index (χ4n) is 0.928. The summed E-state index contributed by atoms with van der Waals surface area (Å²) in [5.74, 6) is -1.18. The van der Waals surface area contributed by atoms with Crippen LogP contribution in [0, 0.1) is 0 Å². The first-order valence-electron chi connectivity index (χ1n) is 3.54. The molecule has 0 saturated carbocycles. The third-order valence-electron chi connectivity index (χ3n) is 1.52. The number of aromatic amines is 1. The zero-order valence-electron chi connectivity index (χ0n) is 6.73. The molecule has 1 N–H and O–H groups in total. The minimum Gasteiger partial charge on any atom is -0.318 e. The van der Waals surface area contributed by atoms with Gasteiger partial charge in [-0.2, -0.15) is 13.2 Å². The van der Waals surface area contributed by atoms with Crippen LogP contribution in [-0.2, 0) is 6.18 Å². The third-order valence-corrected chi connectivity index (χ3v) is 2.14. The highest BCUT2D eigenvalue weighted by molar-refractivity contribution is 6.40. The maximum absolute atomic E-state index is 12.2. The lowest BCUT2D eigenvalue weighted by Crippen LogP contribution is -2.06. The van der Waals surface area contributed by atoms with Gasteiger partial charge in [-0.3, -0.25) is 0 Å². The largest absolute Gasteiger partial charge is 0.449 e. The van der Waals surface area contributed by atoms with Crippen molar-refractivity contribution in [3.8, 4) is 0 Å². The van der Waals surface area contributed by atoms with Gasteiger partial charge in [-0.15, -0.1) is 0 Å². The van der Waals surface area contributed by atoms with Crippen LogP contribution >= 0.6 is 23.2 Å². The van der Waals surface area contributed by atoms with Crippen molar-refractivity contribution in [2.24, 2.45) is 0 Å². The van der Waals surface area contributed by atoms with Crippen molar-refractivity contribution in [1.82, 2.24) is 19.9 Å². The number of hydrogen-bond donors (Lipinski definition) is 1. The van der Waals surface area contributed by atoms with Crippen molar-refractivity contribution in [1.29, 1.82) is 0 Å². The second-order valence-corrected chi connectivity index (χ2v) is 3.28. The van der Waals surface area contributed by atoms with E-state index in [1.807, 2.05) is 4.98 Å². The molecule has 0 unspecified atom stereocenters. The van der Waals surface area contributed by atoms with Crippen molar-refractivity contribution in [3.05, 3.63) is 16.1 Å². The first-order chi connectivity index (χ1) is 6.88. The van der Waals surface area contributed by atoms with E-state index >= 15 is 0 Å². The van der Waals surface area contributed by atoms with Crippen LogP contribution in [0.3, 0.4) is 0 Å². The van der Waals surface area contributed by atoms with Gasteiger partial charge < -0.3 is 4.98 Å². The number of nitrogens with one attached hydrogen (secondary N) is 1. The quantitative estimate of drug-likeness (QED) is 0.789. The smallest absolute Gasteiger partial charge is 0.318 e. The Morgan fingerprint density at radius 3 is 2.20 bits per heavy atom. The average Bonchev–Trinajstić information content (AvgIpc) is 2.47. The van der Waals surface area contributed by atoms with Gasteiger partial charge in [0.25, 0.3) is 0 Å². The molecule has 0 aliphatic carbocycles. The summed E-state index contributed by atoms with van der Waals surface area (Å²) in [6.45, 7) is 0. The second-order valence-electron chi connectivity index (χ2n) is 2.56. The van der Waals surface area contributed by atoms with Crippen LogP contribution in [0.4, 0.5) is 13.2 Å². The summed E-state index contributed by atoms with van der Waals surface area (Å²) in [4.78, 5) is 12.2. The van der Waals surface area contributed by atoms with Gasteiger partial charge in [0, 0.05) is 0 Å². The number of nitrogens with zero attached hydrogens (tertiary/aromatic N) is 3. The molecule has 0 aliphatic heterocycles. The molecular formula is C6HCl2F3N4. The van der Waals surface area contributed by atoms with Gasteiger partial charge in [-0.25, -0.2) is 15.0 Å². The van der Waals surface area contributed by atoms with Crippen molar-refractivity contribution in [2.45, 2.75) is 6.18 Å². The van der Waals surface area contributed by atoms with Gasteiger partial charge >= 0.3 is 6.18 Å². The molecule has 0 bridgehead atoms. The maximum Gasteiger partial charge on any atom is 0.449 e. The molecule has 0 saturated heterocycles. The normalized spacial score (nSPS) is 12.3. The Kier molecular flexibility index (Phi) is 2.23. The highest BCUT2D eigenvalue weighted by atomic mass is 35.5. The minimum atomic E-state index is -4.58. The topological polar surface area (TPSA) is 54.5 Å². The van der Waals surface area contributed by atoms with E-state index < -0.39 is 12.0 Å². The molecule has 15 heavy (non-hydrogen) atoms. The number of fused-ring (bicyclic) bond motifs is 1. The third kappa shape index (κ3) is 1.84. The summed E-state index contributed by atoms with van der Waals surface area (Å²) in [7, 11) is 0. The van der Waals surface area contributed by atoms with E-state index in [0.29, 0.717) is 0 Å². The maximum atomic E-state index is 12.2. The van der Waals surface area contributed by atoms with Crippen molar-refractivity contribution < 1.29 is 13.2 Å². The molecule has 2 rings (SSSR count). The van der Waals surface area contributed by atoms with Crippen molar-refractivity contribution in [2.75, 3.05) is 0 Å². The molecule has 0 aliphatic rings. The molecule has 4 nitrogen and oxygen atoms in total. The SMILES string of the molecule is FC(F)(F)c1nc2nc(Cl)c(Cl)nc2[nH]1. The monoisotopic (exact) mass is 256 g/mol. The van der Waals surface area contributed by atoms with Crippen LogP contribution in [0.25, 0.3) is 11.3 Å². The van der Waals surface area contributed by atoms with E-state index in [0.717, 1.165) is 0 Å². The molecule has 2 heterocycles. The van der Waals surface area contributed by atoms with Gasteiger partial charge in [-0.1, -0.05) is 23.2 Å². The Morgan fingerprint density at radius 1 is 1.00 bits per heavy atom. The number of imidazole rings is 1. The van der Waals surface area contributed by atoms with Crippen LogP contribution in [0.15, 0.2) is 0 Å². The molecule has 0 radical (unpaired) electrons. The van der Waals surface area contributed by atoms with Crippen LogP contribution in [0.5, 0.6) is 0 Å². The summed E-state index contributed by atoms with van der Waals surface area (Å²) >= 11 is 10.9. The van der Waals surface area contributed by atoms with Gasteiger partial charge in [0.1, 0.15) is 0 Å². The van der Waals surface area contributed by atoms with E-state index in [4.69, 9.17) is 23.2 Å². The summed E-state index contributed by atoms with van der Waals surface area (Å²) < 4.78 is 36.6. The average molecular weight is 257 g/mol. The molecule has 2 aromatic heterocycles. The second kappa shape index (κ2) is 3.21. The zero-order valence-corrected chi connectivity index (χ0v) is 8.24. The van der Waals surface area contributed by atoms with Gasteiger partial charge in [0.15, 0.2) is 21.6 Å². The van der Waals surface area contributed by atoms with E-state index in [-0.39, 0.29) is 21.6 Å². The lowest BCUT2D eigenvalue weighted by Gasteiger charge is -1.98. The first-order valence-corrected chi connectivity index (χ1v) is 4.29. The predicted octanol–water partition coefficient (Wildman–Crippen LogP) is 2.68. The van der Waals surface area contributed by atoms with Gasteiger partial charge in [0.2, 0.25) is 5.82 Å². The van der Waals surface area contributed by atoms with Crippen LogP contribution in [0.2, 0.25) is 10.3 Å². The van der Waals surface area contributed by atoms with E-state index in [1.54, 1.807) is 0 Å². The van der Waals surface area contributed by atoms with Gasteiger partial charge in [-0.05, 0) is 0 Å². The molecule has 0 amide bonds. The Balaban J connectivity index is 2.66.